The van der Waals surface area contributed by atoms with Crippen molar-refractivity contribution in [3.05, 3.63) is 76.6 Å². The molecule has 168 valence electrons. The molecule has 1 heterocycles. The van der Waals surface area contributed by atoms with Crippen LogP contribution in [0.15, 0.2) is 54.6 Å². The zero-order chi connectivity index (χ0) is 23.1. The second-order valence-electron chi connectivity index (χ2n) is 7.92. The fourth-order valence-corrected chi connectivity index (χ4v) is 4.13. The van der Waals surface area contributed by atoms with E-state index in [-0.39, 0.29) is 17.9 Å². The fraction of sp³-hybridized carbons (Fsp3) is 0.200. The fourth-order valence-electron chi connectivity index (χ4n) is 3.86. The molecule has 1 fully saturated rings. The largest absolute Gasteiger partial charge is 0.462 e. The minimum Gasteiger partial charge on any atom is -0.462 e. The summed E-state index contributed by atoms with van der Waals surface area (Å²) in [7, 11) is 0. The monoisotopic (exact) mass is 465 g/mol. The van der Waals surface area contributed by atoms with Gasteiger partial charge in [-0.1, -0.05) is 23.7 Å². The third-order valence-electron chi connectivity index (χ3n) is 5.55. The number of carbonyl (C=O) groups excluding carboxylic acids is 1. The number of benzene rings is 3. The molecule has 1 saturated carbocycles. The average Bonchev–Trinajstić information content (AvgIpc) is 3.58. The molecule has 0 atom stereocenters. The molecule has 3 aromatic carbocycles. The number of anilines is 1. The van der Waals surface area contributed by atoms with Gasteiger partial charge in [0.1, 0.15) is 11.5 Å². The Kier molecular flexibility index (Phi) is 5.42. The van der Waals surface area contributed by atoms with Gasteiger partial charge in [-0.25, -0.2) is 13.9 Å². The zero-order valence-corrected chi connectivity index (χ0v) is 18.6. The molecule has 0 saturated heterocycles. The van der Waals surface area contributed by atoms with E-state index < -0.39 is 11.8 Å². The van der Waals surface area contributed by atoms with Gasteiger partial charge in [0.05, 0.1) is 28.1 Å². The molecule has 4 aromatic rings. The standard InChI is InChI=1S/C25H21ClFN3O3/c1-2-32-25(31)15-9-10-22(20(27)11-15)30-21-6-4-3-5-17(21)24(29-30)33-23-18(14-7-8-14)12-16(28)13-19(23)26/h3-6,9-14H,2,7-8,28H2,1H3. The number of carbonyl (C=O) groups is 1. The summed E-state index contributed by atoms with van der Waals surface area (Å²) in [5.41, 5.74) is 8.48. The van der Waals surface area contributed by atoms with Gasteiger partial charge in [0, 0.05) is 11.3 Å². The van der Waals surface area contributed by atoms with Crippen molar-refractivity contribution in [3.8, 4) is 17.3 Å². The van der Waals surface area contributed by atoms with Gasteiger partial charge in [-0.05, 0) is 68.1 Å². The van der Waals surface area contributed by atoms with Crippen LogP contribution in [-0.2, 0) is 4.74 Å². The summed E-state index contributed by atoms with van der Waals surface area (Å²) >= 11 is 6.49. The maximum Gasteiger partial charge on any atom is 0.338 e. The molecule has 0 bridgehead atoms. The summed E-state index contributed by atoms with van der Waals surface area (Å²) in [6.07, 6.45) is 2.09. The van der Waals surface area contributed by atoms with E-state index in [4.69, 9.17) is 26.8 Å². The Bertz CT molecular complexity index is 1380. The van der Waals surface area contributed by atoms with Crippen molar-refractivity contribution in [3.63, 3.8) is 0 Å². The number of esters is 1. The van der Waals surface area contributed by atoms with Gasteiger partial charge in [0.25, 0.3) is 0 Å². The van der Waals surface area contributed by atoms with Gasteiger partial charge >= 0.3 is 5.97 Å². The number of nitrogens with zero attached hydrogens (tertiary/aromatic N) is 2. The van der Waals surface area contributed by atoms with Crippen LogP contribution in [-0.4, -0.2) is 22.4 Å². The Labute approximate surface area is 194 Å². The number of ether oxygens (including phenoxy) is 2. The van der Waals surface area contributed by atoms with E-state index >= 15 is 4.39 Å². The van der Waals surface area contributed by atoms with E-state index in [2.05, 4.69) is 5.10 Å². The quantitative estimate of drug-likeness (QED) is 0.269. The van der Waals surface area contributed by atoms with Crippen LogP contribution in [0, 0.1) is 5.82 Å². The van der Waals surface area contributed by atoms with Gasteiger partial charge in [-0.15, -0.1) is 5.10 Å². The van der Waals surface area contributed by atoms with Crippen molar-refractivity contribution in [2.45, 2.75) is 25.7 Å². The highest BCUT2D eigenvalue weighted by molar-refractivity contribution is 6.32. The van der Waals surface area contributed by atoms with Crippen molar-refractivity contribution in [1.82, 2.24) is 9.78 Å². The van der Waals surface area contributed by atoms with Crippen molar-refractivity contribution < 1.29 is 18.7 Å². The van der Waals surface area contributed by atoms with Gasteiger partial charge in [-0.2, -0.15) is 0 Å². The third kappa shape index (κ3) is 4.00. The molecule has 6 nitrogen and oxygen atoms in total. The molecule has 8 heteroatoms. The highest BCUT2D eigenvalue weighted by atomic mass is 35.5. The first kappa shape index (κ1) is 21.3. The first-order valence-electron chi connectivity index (χ1n) is 10.7. The van der Waals surface area contributed by atoms with Crippen LogP contribution in [0.2, 0.25) is 5.02 Å². The second kappa shape index (κ2) is 8.41. The van der Waals surface area contributed by atoms with Gasteiger partial charge in [0.15, 0.2) is 5.75 Å². The minimum absolute atomic E-state index is 0.133. The van der Waals surface area contributed by atoms with Crippen molar-refractivity contribution >= 4 is 34.2 Å². The molecule has 0 amide bonds. The third-order valence-corrected chi connectivity index (χ3v) is 5.83. The van der Waals surface area contributed by atoms with E-state index in [9.17, 15) is 4.79 Å². The number of para-hydroxylation sites is 1. The Hall–Kier alpha value is -3.58. The normalized spacial score (nSPS) is 13.3. The zero-order valence-electron chi connectivity index (χ0n) is 17.8. The predicted molar refractivity (Wildman–Crippen MR) is 125 cm³/mol. The number of nitrogens with two attached hydrogens (primary N) is 1. The van der Waals surface area contributed by atoms with Crippen LogP contribution in [0.4, 0.5) is 10.1 Å². The number of hydrogen-bond acceptors (Lipinski definition) is 5. The maximum absolute atomic E-state index is 15.0. The van der Waals surface area contributed by atoms with Crippen molar-refractivity contribution in [2.75, 3.05) is 12.3 Å². The Balaban J connectivity index is 1.59. The molecule has 1 aromatic heterocycles. The Morgan fingerprint density at radius 1 is 1.21 bits per heavy atom. The number of hydrogen-bond donors (Lipinski definition) is 1. The summed E-state index contributed by atoms with van der Waals surface area (Å²) in [5.74, 6) is -0.0235. The Morgan fingerprint density at radius 3 is 2.73 bits per heavy atom. The smallest absolute Gasteiger partial charge is 0.338 e. The number of fused-ring (bicyclic) bond motifs is 1. The van der Waals surface area contributed by atoms with Crippen LogP contribution >= 0.6 is 11.6 Å². The molecular formula is C25H21ClFN3O3. The molecule has 33 heavy (non-hydrogen) atoms. The molecule has 2 N–H and O–H groups in total. The summed E-state index contributed by atoms with van der Waals surface area (Å²) in [6, 6.07) is 15.0. The van der Waals surface area contributed by atoms with Crippen LogP contribution < -0.4 is 10.5 Å². The number of rotatable bonds is 6. The lowest BCUT2D eigenvalue weighted by Gasteiger charge is -2.12. The summed E-state index contributed by atoms with van der Waals surface area (Å²) in [4.78, 5) is 12.0. The predicted octanol–water partition coefficient (Wildman–Crippen LogP) is 6.25. The highest BCUT2D eigenvalue weighted by Gasteiger charge is 2.29. The summed E-state index contributed by atoms with van der Waals surface area (Å²) in [6.45, 7) is 1.91. The van der Waals surface area contributed by atoms with Gasteiger partial charge in [-0.3, -0.25) is 0 Å². The van der Waals surface area contributed by atoms with E-state index in [1.807, 2.05) is 30.3 Å². The molecular weight excluding hydrogens is 445 g/mol. The molecule has 0 aliphatic heterocycles. The minimum atomic E-state index is -0.607. The van der Waals surface area contributed by atoms with E-state index in [0.29, 0.717) is 39.2 Å². The van der Waals surface area contributed by atoms with Crippen LogP contribution in [0.3, 0.4) is 0 Å². The first-order valence-corrected chi connectivity index (χ1v) is 11.1. The molecule has 0 radical (unpaired) electrons. The van der Waals surface area contributed by atoms with E-state index in [1.165, 1.54) is 16.8 Å². The summed E-state index contributed by atoms with van der Waals surface area (Å²) < 4.78 is 27.7. The Morgan fingerprint density at radius 2 is 2.00 bits per heavy atom. The van der Waals surface area contributed by atoms with Crippen LogP contribution in [0.5, 0.6) is 11.6 Å². The van der Waals surface area contributed by atoms with Crippen LogP contribution in [0.25, 0.3) is 16.6 Å². The van der Waals surface area contributed by atoms with Crippen molar-refractivity contribution in [1.29, 1.82) is 0 Å². The first-order chi connectivity index (χ1) is 16.0. The van der Waals surface area contributed by atoms with Crippen LogP contribution in [0.1, 0.15) is 41.6 Å². The molecule has 0 spiro atoms. The highest BCUT2D eigenvalue weighted by Crippen LogP contribution is 2.49. The van der Waals surface area contributed by atoms with Gasteiger partial charge in [0.2, 0.25) is 5.88 Å². The molecule has 0 unspecified atom stereocenters. The number of halogens is 2. The average molecular weight is 466 g/mol. The SMILES string of the molecule is CCOC(=O)c1ccc(-n2nc(Oc3c(Cl)cc(N)cc3C3CC3)c3ccccc32)c(F)c1. The van der Waals surface area contributed by atoms with E-state index in [1.54, 1.807) is 13.0 Å². The number of aromatic nitrogens is 2. The lowest BCUT2D eigenvalue weighted by Crippen LogP contribution is -2.07. The molecule has 5 rings (SSSR count). The second-order valence-corrected chi connectivity index (χ2v) is 8.33. The van der Waals surface area contributed by atoms with Gasteiger partial charge < -0.3 is 15.2 Å². The topological polar surface area (TPSA) is 79.4 Å². The number of nitrogen functional groups attached to an aromatic ring is 1. The molecule has 1 aliphatic carbocycles. The van der Waals surface area contributed by atoms with E-state index in [0.717, 1.165) is 24.5 Å². The van der Waals surface area contributed by atoms with Crippen molar-refractivity contribution in [2.24, 2.45) is 0 Å². The maximum atomic E-state index is 15.0. The lowest BCUT2D eigenvalue weighted by molar-refractivity contribution is 0.0526. The summed E-state index contributed by atoms with van der Waals surface area (Å²) in [5, 5.41) is 5.66. The molecule has 1 aliphatic rings. The lowest BCUT2D eigenvalue weighted by atomic mass is 10.1.